The first kappa shape index (κ1) is 6.88. The zero-order valence-electron chi connectivity index (χ0n) is 4.47. The van der Waals surface area contributed by atoms with Crippen molar-refractivity contribution in [2.45, 2.75) is 25.7 Å². The Bertz CT molecular complexity index is 55.2. The van der Waals surface area contributed by atoms with Crippen molar-refractivity contribution in [2.75, 3.05) is 0 Å². The molecule has 3 heteroatoms. The SMILES string of the molecule is CC(C)([NH])C(O)O. The Balaban J connectivity index is 3.54. The van der Waals surface area contributed by atoms with Gasteiger partial charge < -0.3 is 10.2 Å². The van der Waals surface area contributed by atoms with Crippen molar-refractivity contribution in [3.05, 3.63) is 0 Å². The van der Waals surface area contributed by atoms with Gasteiger partial charge in [0.1, 0.15) is 0 Å². The van der Waals surface area contributed by atoms with E-state index >= 15 is 0 Å². The van der Waals surface area contributed by atoms with Crippen LogP contribution in [-0.4, -0.2) is 22.0 Å². The van der Waals surface area contributed by atoms with Crippen LogP contribution in [0, 0.1) is 0 Å². The monoisotopic (exact) mass is 104 g/mol. The van der Waals surface area contributed by atoms with Crippen LogP contribution in [0.5, 0.6) is 0 Å². The fourth-order valence-corrected chi connectivity index (χ4v) is 0. The Morgan fingerprint density at radius 3 is 1.57 bits per heavy atom. The summed E-state index contributed by atoms with van der Waals surface area (Å²) >= 11 is 0. The molecule has 43 valence electrons. The summed E-state index contributed by atoms with van der Waals surface area (Å²) in [6.45, 7) is 2.86. The smallest absolute Gasteiger partial charge is 0.170 e. The quantitative estimate of drug-likeness (QED) is 0.434. The maximum absolute atomic E-state index is 8.26. The van der Waals surface area contributed by atoms with Crippen LogP contribution in [0.25, 0.3) is 0 Å². The van der Waals surface area contributed by atoms with Gasteiger partial charge in [-0.3, -0.25) is 0 Å². The summed E-state index contributed by atoms with van der Waals surface area (Å²) in [5, 5.41) is 16.5. The predicted octanol–water partition coefficient (Wildman–Crippen LogP) is -0.641. The Morgan fingerprint density at radius 1 is 1.43 bits per heavy atom. The minimum atomic E-state index is -1.53. The molecule has 3 N–H and O–H groups in total. The summed E-state index contributed by atoms with van der Waals surface area (Å²) in [7, 11) is 0. The average molecular weight is 104 g/mol. The van der Waals surface area contributed by atoms with Crippen LogP contribution in [-0.2, 0) is 0 Å². The van der Waals surface area contributed by atoms with E-state index in [4.69, 9.17) is 15.9 Å². The van der Waals surface area contributed by atoms with E-state index < -0.39 is 11.8 Å². The highest BCUT2D eigenvalue weighted by Crippen LogP contribution is 2.01. The van der Waals surface area contributed by atoms with Gasteiger partial charge in [0, 0.05) is 0 Å². The molecule has 0 aliphatic rings. The lowest BCUT2D eigenvalue weighted by Gasteiger charge is -2.18. The molecule has 0 heterocycles. The second kappa shape index (κ2) is 1.78. The van der Waals surface area contributed by atoms with Crippen molar-refractivity contribution in [2.24, 2.45) is 0 Å². The normalized spacial score (nSPS) is 12.9. The first-order valence-corrected chi connectivity index (χ1v) is 2.06. The van der Waals surface area contributed by atoms with E-state index in [1.54, 1.807) is 0 Å². The third-order valence-corrected chi connectivity index (χ3v) is 0.645. The maximum Gasteiger partial charge on any atom is 0.170 e. The number of rotatable bonds is 1. The lowest BCUT2D eigenvalue weighted by atomic mass is 10.1. The van der Waals surface area contributed by atoms with Gasteiger partial charge in [-0.25, -0.2) is 5.73 Å². The van der Waals surface area contributed by atoms with Crippen molar-refractivity contribution >= 4 is 0 Å². The maximum atomic E-state index is 8.26. The number of hydrogen-bond acceptors (Lipinski definition) is 2. The van der Waals surface area contributed by atoms with Gasteiger partial charge in [-0.05, 0) is 13.8 Å². The first-order valence-electron chi connectivity index (χ1n) is 2.06. The molecular weight excluding hydrogens is 94.0 g/mol. The van der Waals surface area contributed by atoms with Crippen molar-refractivity contribution in [1.82, 2.24) is 5.73 Å². The van der Waals surface area contributed by atoms with Gasteiger partial charge in [-0.1, -0.05) is 0 Å². The van der Waals surface area contributed by atoms with Crippen molar-refractivity contribution < 1.29 is 10.2 Å². The van der Waals surface area contributed by atoms with Crippen LogP contribution in [0.3, 0.4) is 0 Å². The molecule has 0 aliphatic heterocycles. The molecule has 0 aliphatic carbocycles. The molecule has 0 fully saturated rings. The van der Waals surface area contributed by atoms with Crippen LogP contribution in [0.15, 0.2) is 0 Å². The highest BCUT2D eigenvalue weighted by atomic mass is 16.5. The Morgan fingerprint density at radius 2 is 1.57 bits per heavy atom. The molecular formula is C4H10NO2. The Labute approximate surface area is 42.8 Å². The molecule has 0 unspecified atom stereocenters. The number of nitrogens with one attached hydrogen (secondary N) is 1. The van der Waals surface area contributed by atoms with Gasteiger partial charge >= 0.3 is 0 Å². The number of hydrogen-bond donors (Lipinski definition) is 2. The molecule has 7 heavy (non-hydrogen) atoms. The van der Waals surface area contributed by atoms with E-state index in [9.17, 15) is 0 Å². The molecule has 0 aromatic heterocycles. The lowest BCUT2D eigenvalue weighted by molar-refractivity contribution is -0.0872. The molecule has 3 nitrogen and oxygen atoms in total. The highest BCUT2D eigenvalue weighted by molar-refractivity contribution is 4.71. The summed E-state index contributed by atoms with van der Waals surface area (Å²) in [5.41, 5.74) is 5.75. The summed E-state index contributed by atoms with van der Waals surface area (Å²) < 4.78 is 0. The molecule has 0 atom stereocenters. The first-order chi connectivity index (χ1) is 2.94. The van der Waals surface area contributed by atoms with Gasteiger partial charge in [0.25, 0.3) is 0 Å². The van der Waals surface area contributed by atoms with E-state index in [2.05, 4.69) is 0 Å². The Hall–Kier alpha value is -0.120. The molecule has 0 amide bonds. The predicted molar refractivity (Wildman–Crippen MR) is 25.4 cm³/mol. The van der Waals surface area contributed by atoms with Gasteiger partial charge in [0.2, 0.25) is 0 Å². The van der Waals surface area contributed by atoms with Crippen LogP contribution in [0.1, 0.15) is 13.8 Å². The van der Waals surface area contributed by atoms with Crippen LogP contribution < -0.4 is 5.73 Å². The van der Waals surface area contributed by atoms with Gasteiger partial charge in [-0.2, -0.15) is 0 Å². The molecule has 0 aromatic carbocycles. The third kappa shape index (κ3) is 2.56. The van der Waals surface area contributed by atoms with Crippen molar-refractivity contribution in [1.29, 1.82) is 0 Å². The standard InChI is InChI=1S/C4H10NO2/c1-4(2,5)3(6)7/h3,5-7H,1-2H3. The van der Waals surface area contributed by atoms with E-state index in [1.165, 1.54) is 13.8 Å². The Kier molecular flexibility index (Phi) is 1.75. The topological polar surface area (TPSA) is 64.3 Å². The molecule has 0 saturated carbocycles. The van der Waals surface area contributed by atoms with Gasteiger partial charge in [-0.15, -0.1) is 0 Å². The van der Waals surface area contributed by atoms with Crippen molar-refractivity contribution in [3.8, 4) is 0 Å². The highest BCUT2D eigenvalue weighted by Gasteiger charge is 2.19. The second-order valence-electron chi connectivity index (χ2n) is 2.10. The zero-order valence-corrected chi connectivity index (χ0v) is 4.47. The number of aliphatic hydroxyl groups is 2. The van der Waals surface area contributed by atoms with E-state index in [0.29, 0.717) is 0 Å². The molecule has 0 saturated heterocycles. The fraction of sp³-hybridized carbons (Fsp3) is 1.00. The molecule has 0 aromatic rings. The minimum Gasteiger partial charge on any atom is -0.367 e. The minimum absolute atomic E-state index is 1.14. The molecule has 0 bridgehead atoms. The van der Waals surface area contributed by atoms with Crippen LogP contribution >= 0.6 is 0 Å². The second-order valence-corrected chi connectivity index (χ2v) is 2.10. The van der Waals surface area contributed by atoms with E-state index in [1.807, 2.05) is 0 Å². The van der Waals surface area contributed by atoms with Crippen LogP contribution in [0.2, 0.25) is 0 Å². The summed E-state index contributed by atoms with van der Waals surface area (Å²) in [4.78, 5) is 0. The summed E-state index contributed by atoms with van der Waals surface area (Å²) in [5.74, 6) is 0. The van der Waals surface area contributed by atoms with E-state index in [0.717, 1.165) is 0 Å². The largest absolute Gasteiger partial charge is 0.367 e. The van der Waals surface area contributed by atoms with Crippen molar-refractivity contribution in [3.63, 3.8) is 0 Å². The summed E-state index contributed by atoms with van der Waals surface area (Å²) in [6.07, 6.45) is -1.53. The summed E-state index contributed by atoms with van der Waals surface area (Å²) in [6, 6.07) is 0. The van der Waals surface area contributed by atoms with E-state index in [-0.39, 0.29) is 0 Å². The fourth-order valence-electron chi connectivity index (χ4n) is 0. The molecule has 0 spiro atoms. The number of aliphatic hydroxyl groups excluding tert-OH is 1. The van der Waals surface area contributed by atoms with Crippen LogP contribution in [0.4, 0.5) is 0 Å². The van der Waals surface area contributed by atoms with Gasteiger partial charge in [0.05, 0.1) is 5.54 Å². The average Bonchev–Trinajstić information content (AvgIpc) is 1.31. The molecule has 1 radical (unpaired) electrons. The molecule has 0 rings (SSSR count). The zero-order chi connectivity index (χ0) is 6.08. The third-order valence-electron chi connectivity index (χ3n) is 0.645. The van der Waals surface area contributed by atoms with Gasteiger partial charge in [0.15, 0.2) is 6.29 Å². The lowest BCUT2D eigenvalue weighted by Crippen LogP contribution is -2.37.